The third-order valence-corrected chi connectivity index (χ3v) is 4.93. The summed E-state index contributed by atoms with van der Waals surface area (Å²) in [6.07, 6.45) is 1.57. The van der Waals surface area contributed by atoms with Crippen molar-refractivity contribution in [1.29, 1.82) is 0 Å². The minimum absolute atomic E-state index is 0.0113. The first-order chi connectivity index (χ1) is 11.8. The number of carbonyl (C=O) groups is 1. The quantitative estimate of drug-likeness (QED) is 0.737. The summed E-state index contributed by atoms with van der Waals surface area (Å²) >= 11 is 0. The number of anilines is 1. The second-order valence-electron chi connectivity index (χ2n) is 5.33. The molecule has 134 valence electrons. The van der Waals surface area contributed by atoms with E-state index in [-0.39, 0.29) is 10.5 Å². The summed E-state index contributed by atoms with van der Waals surface area (Å²) in [6.45, 7) is 2.27. The van der Waals surface area contributed by atoms with Crippen molar-refractivity contribution in [3.8, 4) is 0 Å². The number of para-hydroxylation sites is 1. The van der Waals surface area contributed by atoms with E-state index in [1.807, 2.05) is 6.92 Å². The molecule has 5 nitrogen and oxygen atoms in total. The van der Waals surface area contributed by atoms with Gasteiger partial charge >= 0.3 is 0 Å². The monoisotopic (exact) mass is 368 g/mol. The maximum atomic E-state index is 13.6. The fourth-order valence-corrected chi connectivity index (χ4v) is 3.13. The predicted octanol–water partition coefficient (Wildman–Crippen LogP) is 3.30. The maximum Gasteiger partial charge on any atom is 0.255 e. The first-order valence-corrected chi connectivity index (χ1v) is 9.18. The number of rotatable bonds is 7. The van der Waals surface area contributed by atoms with Gasteiger partial charge in [-0.15, -0.1) is 0 Å². The van der Waals surface area contributed by atoms with Gasteiger partial charge in [0.1, 0.15) is 17.3 Å². The molecule has 0 saturated carbocycles. The van der Waals surface area contributed by atoms with Crippen molar-refractivity contribution in [2.75, 3.05) is 11.9 Å². The Bertz CT molecular complexity index is 832. The molecule has 25 heavy (non-hydrogen) atoms. The van der Waals surface area contributed by atoms with Gasteiger partial charge in [0.15, 0.2) is 0 Å². The van der Waals surface area contributed by atoms with Gasteiger partial charge in [-0.05, 0) is 42.8 Å². The average Bonchev–Trinajstić information content (AvgIpc) is 2.58. The average molecular weight is 368 g/mol. The summed E-state index contributed by atoms with van der Waals surface area (Å²) in [7, 11) is -3.65. The van der Waals surface area contributed by atoms with Crippen molar-refractivity contribution in [2.45, 2.75) is 24.7 Å². The molecule has 0 bridgehead atoms. The van der Waals surface area contributed by atoms with Gasteiger partial charge in [0, 0.05) is 12.1 Å². The molecule has 2 N–H and O–H groups in total. The van der Waals surface area contributed by atoms with Crippen molar-refractivity contribution in [2.24, 2.45) is 0 Å². The molecule has 2 aromatic rings. The van der Waals surface area contributed by atoms with E-state index in [0.717, 1.165) is 18.6 Å². The van der Waals surface area contributed by atoms with Crippen LogP contribution < -0.4 is 10.0 Å². The van der Waals surface area contributed by atoms with Crippen molar-refractivity contribution in [1.82, 2.24) is 4.72 Å². The number of hydrogen-bond donors (Lipinski definition) is 2. The predicted molar refractivity (Wildman–Crippen MR) is 90.8 cm³/mol. The first-order valence-electron chi connectivity index (χ1n) is 7.70. The zero-order chi connectivity index (χ0) is 18.4. The molecule has 0 fully saturated rings. The first kappa shape index (κ1) is 19.0. The van der Waals surface area contributed by atoms with Crippen molar-refractivity contribution in [3.05, 3.63) is 59.7 Å². The number of unbranched alkanes of at least 4 members (excludes halogenated alkanes) is 1. The van der Waals surface area contributed by atoms with Crippen LogP contribution in [0.3, 0.4) is 0 Å². The number of halogens is 2. The van der Waals surface area contributed by atoms with E-state index >= 15 is 0 Å². The maximum absolute atomic E-state index is 13.6. The van der Waals surface area contributed by atoms with Gasteiger partial charge in [0.05, 0.1) is 4.90 Å². The Kier molecular flexibility index (Phi) is 6.22. The van der Waals surface area contributed by atoms with Crippen molar-refractivity contribution < 1.29 is 22.0 Å². The number of benzene rings is 2. The van der Waals surface area contributed by atoms with Gasteiger partial charge < -0.3 is 5.32 Å². The highest BCUT2D eigenvalue weighted by molar-refractivity contribution is 7.89. The molecule has 1 amide bonds. The van der Waals surface area contributed by atoms with Crippen LogP contribution in [0.4, 0.5) is 14.5 Å². The van der Waals surface area contributed by atoms with Gasteiger partial charge in [0.2, 0.25) is 10.0 Å². The number of sulfonamides is 1. The van der Waals surface area contributed by atoms with Gasteiger partial charge in [-0.25, -0.2) is 21.9 Å². The molecular formula is C17H18F2N2O3S. The Morgan fingerprint density at radius 3 is 2.20 bits per heavy atom. The van der Waals surface area contributed by atoms with Crippen LogP contribution in [0.2, 0.25) is 0 Å². The molecule has 0 unspecified atom stereocenters. The van der Waals surface area contributed by atoms with Crippen LogP contribution in [-0.2, 0) is 10.0 Å². The molecule has 0 heterocycles. The van der Waals surface area contributed by atoms with Crippen molar-refractivity contribution >= 4 is 21.6 Å². The van der Waals surface area contributed by atoms with Gasteiger partial charge in [-0.2, -0.15) is 0 Å². The molecule has 2 rings (SSSR count). The number of nitrogens with one attached hydrogen (secondary N) is 2. The summed E-state index contributed by atoms with van der Waals surface area (Å²) < 4.78 is 53.7. The lowest BCUT2D eigenvalue weighted by Gasteiger charge is -2.09. The fourth-order valence-electron chi connectivity index (χ4n) is 2.06. The van der Waals surface area contributed by atoms with E-state index in [9.17, 15) is 22.0 Å². The van der Waals surface area contributed by atoms with Gasteiger partial charge in [0.25, 0.3) is 5.91 Å². The van der Waals surface area contributed by atoms with Crippen LogP contribution in [0, 0.1) is 11.6 Å². The van der Waals surface area contributed by atoms with Crippen molar-refractivity contribution in [3.63, 3.8) is 0 Å². The molecule has 0 atom stereocenters. The highest BCUT2D eigenvalue weighted by atomic mass is 32.2. The van der Waals surface area contributed by atoms with Crippen LogP contribution in [-0.4, -0.2) is 20.9 Å². The SMILES string of the molecule is CCCCNS(=O)(=O)c1ccc(C(=O)Nc2c(F)cccc2F)cc1. The van der Waals surface area contributed by atoms with E-state index in [4.69, 9.17) is 0 Å². The standard InChI is InChI=1S/C17H18F2N2O3S/c1-2-3-11-20-25(23,24)13-9-7-12(8-10-13)17(22)21-16-14(18)5-4-6-15(16)19/h4-10,20H,2-3,11H2,1H3,(H,21,22). The van der Waals surface area contributed by atoms with E-state index in [1.54, 1.807) is 0 Å². The van der Waals surface area contributed by atoms with E-state index in [0.29, 0.717) is 13.0 Å². The van der Waals surface area contributed by atoms with E-state index < -0.39 is 33.3 Å². The van der Waals surface area contributed by atoms with Crippen LogP contribution in [0.15, 0.2) is 47.4 Å². The molecule has 0 saturated heterocycles. The minimum Gasteiger partial charge on any atom is -0.317 e. The minimum atomic E-state index is -3.65. The number of carbonyl (C=O) groups excluding carboxylic acids is 1. The molecular weight excluding hydrogens is 350 g/mol. The topological polar surface area (TPSA) is 75.3 Å². The number of amides is 1. The van der Waals surface area contributed by atoms with Crippen LogP contribution in [0.5, 0.6) is 0 Å². The molecule has 0 aliphatic carbocycles. The molecule has 0 aromatic heterocycles. The smallest absolute Gasteiger partial charge is 0.255 e. The summed E-state index contributed by atoms with van der Waals surface area (Å²) in [5, 5.41) is 2.14. The number of hydrogen-bond acceptors (Lipinski definition) is 3. The van der Waals surface area contributed by atoms with Gasteiger partial charge in [-0.1, -0.05) is 19.4 Å². The second-order valence-corrected chi connectivity index (χ2v) is 7.09. The third kappa shape index (κ3) is 4.83. The van der Waals surface area contributed by atoms with E-state index in [1.165, 1.54) is 30.3 Å². The Labute approximate surface area is 145 Å². The summed E-state index contributed by atoms with van der Waals surface area (Å²) in [5.41, 5.74) is -0.472. The van der Waals surface area contributed by atoms with Crippen LogP contribution >= 0.6 is 0 Å². The highest BCUT2D eigenvalue weighted by Gasteiger charge is 2.16. The summed E-state index contributed by atoms with van der Waals surface area (Å²) in [4.78, 5) is 12.1. The Balaban J connectivity index is 2.13. The summed E-state index contributed by atoms with van der Waals surface area (Å²) in [6, 6.07) is 8.32. The lowest BCUT2D eigenvalue weighted by Crippen LogP contribution is -2.24. The Hall–Kier alpha value is -2.32. The van der Waals surface area contributed by atoms with Crippen LogP contribution in [0.1, 0.15) is 30.1 Å². The van der Waals surface area contributed by atoms with Crippen LogP contribution in [0.25, 0.3) is 0 Å². The molecule has 2 aromatic carbocycles. The molecule has 8 heteroatoms. The highest BCUT2D eigenvalue weighted by Crippen LogP contribution is 2.19. The lowest BCUT2D eigenvalue weighted by atomic mass is 10.2. The Morgan fingerprint density at radius 2 is 1.64 bits per heavy atom. The largest absolute Gasteiger partial charge is 0.317 e. The molecule has 0 aliphatic rings. The molecule has 0 spiro atoms. The zero-order valence-electron chi connectivity index (χ0n) is 13.6. The Morgan fingerprint density at radius 1 is 1.04 bits per heavy atom. The zero-order valence-corrected chi connectivity index (χ0v) is 14.4. The third-order valence-electron chi connectivity index (χ3n) is 3.45. The molecule has 0 radical (unpaired) electrons. The fraction of sp³-hybridized carbons (Fsp3) is 0.235. The summed E-state index contributed by atoms with van der Waals surface area (Å²) in [5.74, 6) is -2.53. The lowest BCUT2D eigenvalue weighted by molar-refractivity contribution is 0.102. The normalized spacial score (nSPS) is 11.3. The second kappa shape index (κ2) is 8.17. The molecule has 0 aliphatic heterocycles. The van der Waals surface area contributed by atoms with Gasteiger partial charge in [-0.3, -0.25) is 4.79 Å². The van der Waals surface area contributed by atoms with E-state index in [2.05, 4.69) is 10.0 Å².